The minimum atomic E-state index is 0.0535. The summed E-state index contributed by atoms with van der Waals surface area (Å²) in [5.74, 6) is 5.83. The third kappa shape index (κ3) is 1.86. The molecule has 0 aromatic carbocycles. The van der Waals surface area contributed by atoms with Gasteiger partial charge in [-0.05, 0) is 85.9 Å². The molecule has 124 valence electrons. The van der Waals surface area contributed by atoms with E-state index in [1.165, 1.54) is 44.9 Å². The van der Waals surface area contributed by atoms with Crippen LogP contribution in [0.5, 0.6) is 0 Å². The molecule has 8 atom stereocenters. The summed E-state index contributed by atoms with van der Waals surface area (Å²) in [5, 5.41) is 0. The summed E-state index contributed by atoms with van der Waals surface area (Å²) in [5.41, 5.74) is 0.625. The predicted octanol–water partition coefficient (Wildman–Crippen LogP) is 5.48. The van der Waals surface area contributed by atoms with Gasteiger partial charge in [0.2, 0.25) is 0 Å². The number of fused-ring (bicyclic) bond motifs is 5. The van der Waals surface area contributed by atoms with Crippen molar-refractivity contribution in [3.05, 3.63) is 0 Å². The van der Waals surface area contributed by atoms with Gasteiger partial charge < -0.3 is 0 Å². The SMILES string of the molecule is CC1CC2CC[C@@H]3[C@@H](CC[C@]4(C)C(=O)CC[C@@H]34)[C@@]2(C)CC1C. The fourth-order valence-electron chi connectivity index (χ4n) is 7.59. The number of carbonyl (C=O) groups is 1. The third-order valence-electron chi connectivity index (χ3n) is 9.16. The fourth-order valence-corrected chi connectivity index (χ4v) is 7.59. The third-order valence-corrected chi connectivity index (χ3v) is 9.16. The van der Waals surface area contributed by atoms with Gasteiger partial charge in [-0.3, -0.25) is 4.79 Å². The first-order valence-corrected chi connectivity index (χ1v) is 9.89. The highest BCUT2D eigenvalue weighted by Crippen LogP contribution is 2.66. The summed E-state index contributed by atoms with van der Waals surface area (Å²) in [6.07, 6.45) is 10.3. The second kappa shape index (κ2) is 4.84. The van der Waals surface area contributed by atoms with E-state index in [2.05, 4.69) is 27.7 Å². The zero-order valence-corrected chi connectivity index (χ0v) is 15.0. The van der Waals surface area contributed by atoms with Crippen LogP contribution in [-0.2, 0) is 4.79 Å². The molecule has 4 rings (SSSR count). The first kappa shape index (κ1) is 15.2. The molecule has 0 radical (unpaired) electrons. The smallest absolute Gasteiger partial charge is 0.139 e. The Kier molecular flexibility index (Phi) is 3.34. The average molecular weight is 303 g/mol. The molecule has 4 saturated carbocycles. The first-order valence-electron chi connectivity index (χ1n) is 9.89. The van der Waals surface area contributed by atoms with E-state index < -0.39 is 0 Å². The molecule has 0 bridgehead atoms. The van der Waals surface area contributed by atoms with Gasteiger partial charge >= 0.3 is 0 Å². The standard InChI is InChI=1S/C21H34O/c1-13-11-15-5-6-16-17-7-8-19(22)20(17,3)10-9-18(16)21(15,4)12-14(13)2/h13-18H,5-12H2,1-4H3/t13?,14?,15?,16-,17-,18+,20-,21-/m0/s1. The van der Waals surface area contributed by atoms with Crippen molar-refractivity contribution in [1.29, 1.82) is 0 Å². The number of carbonyl (C=O) groups excluding carboxylic acids is 1. The van der Waals surface area contributed by atoms with Crippen molar-refractivity contribution >= 4 is 5.78 Å². The zero-order chi connectivity index (χ0) is 15.7. The van der Waals surface area contributed by atoms with Gasteiger partial charge in [-0.25, -0.2) is 0 Å². The van der Waals surface area contributed by atoms with E-state index in [1.807, 2.05) is 0 Å². The van der Waals surface area contributed by atoms with Crippen LogP contribution in [0.25, 0.3) is 0 Å². The summed E-state index contributed by atoms with van der Waals surface area (Å²) in [6, 6.07) is 0. The molecule has 1 nitrogen and oxygen atoms in total. The molecular formula is C21H34O. The maximum atomic E-state index is 12.5. The van der Waals surface area contributed by atoms with Crippen molar-refractivity contribution in [1.82, 2.24) is 0 Å². The van der Waals surface area contributed by atoms with Crippen LogP contribution in [0.1, 0.15) is 79.1 Å². The Morgan fingerprint density at radius 3 is 2.50 bits per heavy atom. The highest BCUT2D eigenvalue weighted by Gasteiger charge is 2.60. The Labute approximate surface area is 136 Å². The summed E-state index contributed by atoms with van der Waals surface area (Å²) in [6.45, 7) is 9.91. The molecule has 0 amide bonds. The lowest BCUT2D eigenvalue weighted by Crippen LogP contribution is -2.54. The van der Waals surface area contributed by atoms with Gasteiger partial charge in [0.05, 0.1) is 0 Å². The van der Waals surface area contributed by atoms with Crippen LogP contribution in [0.4, 0.5) is 0 Å². The van der Waals surface area contributed by atoms with Crippen molar-refractivity contribution in [3.63, 3.8) is 0 Å². The van der Waals surface area contributed by atoms with Crippen molar-refractivity contribution in [2.45, 2.75) is 79.1 Å². The highest BCUT2D eigenvalue weighted by molar-refractivity contribution is 5.87. The van der Waals surface area contributed by atoms with Crippen molar-refractivity contribution in [2.75, 3.05) is 0 Å². The van der Waals surface area contributed by atoms with Gasteiger partial charge in [0.15, 0.2) is 0 Å². The minimum Gasteiger partial charge on any atom is -0.299 e. The van der Waals surface area contributed by atoms with Crippen LogP contribution >= 0.6 is 0 Å². The molecule has 3 unspecified atom stereocenters. The molecule has 4 aliphatic carbocycles. The fraction of sp³-hybridized carbons (Fsp3) is 0.952. The first-order chi connectivity index (χ1) is 10.4. The Hall–Kier alpha value is -0.330. The number of hydrogen-bond acceptors (Lipinski definition) is 1. The zero-order valence-electron chi connectivity index (χ0n) is 15.0. The molecule has 1 heteroatoms. The average Bonchev–Trinajstić information content (AvgIpc) is 2.77. The van der Waals surface area contributed by atoms with E-state index in [4.69, 9.17) is 0 Å². The van der Waals surface area contributed by atoms with E-state index in [0.29, 0.717) is 17.1 Å². The van der Waals surface area contributed by atoms with Gasteiger partial charge in [0, 0.05) is 11.8 Å². The molecule has 0 saturated heterocycles. The summed E-state index contributed by atoms with van der Waals surface area (Å²) < 4.78 is 0. The molecule has 4 aliphatic rings. The van der Waals surface area contributed by atoms with E-state index in [-0.39, 0.29) is 5.41 Å². The Morgan fingerprint density at radius 2 is 1.73 bits per heavy atom. The van der Waals surface area contributed by atoms with Gasteiger partial charge in [-0.2, -0.15) is 0 Å². The predicted molar refractivity (Wildman–Crippen MR) is 90.4 cm³/mol. The number of Topliss-reactive ketones (excluding diaryl/α,β-unsaturated/α-hetero) is 1. The van der Waals surface area contributed by atoms with Crippen molar-refractivity contribution in [3.8, 4) is 0 Å². The maximum Gasteiger partial charge on any atom is 0.139 e. The number of ketones is 1. The Balaban J connectivity index is 1.65. The molecule has 0 spiro atoms. The molecule has 0 heterocycles. The monoisotopic (exact) mass is 302 g/mol. The van der Waals surface area contributed by atoms with Gasteiger partial charge in [-0.15, -0.1) is 0 Å². The van der Waals surface area contributed by atoms with Crippen LogP contribution in [0.2, 0.25) is 0 Å². The number of rotatable bonds is 0. The van der Waals surface area contributed by atoms with Crippen LogP contribution in [0.3, 0.4) is 0 Å². The second-order valence-corrected chi connectivity index (χ2v) is 9.97. The van der Waals surface area contributed by atoms with Crippen LogP contribution in [0, 0.1) is 46.3 Å². The van der Waals surface area contributed by atoms with Crippen molar-refractivity contribution < 1.29 is 4.79 Å². The van der Waals surface area contributed by atoms with Crippen LogP contribution in [0.15, 0.2) is 0 Å². The highest BCUT2D eigenvalue weighted by atomic mass is 16.1. The largest absolute Gasteiger partial charge is 0.299 e. The second-order valence-electron chi connectivity index (χ2n) is 9.97. The Morgan fingerprint density at radius 1 is 0.955 bits per heavy atom. The number of hydrogen-bond donors (Lipinski definition) is 0. The topological polar surface area (TPSA) is 17.1 Å². The van der Waals surface area contributed by atoms with E-state index in [0.717, 1.165) is 36.0 Å². The molecular weight excluding hydrogens is 268 g/mol. The lowest BCUT2D eigenvalue weighted by Gasteiger charge is -2.61. The molecule has 0 aromatic rings. The van der Waals surface area contributed by atoms with Crippen LogP contribution in [-0.4, -0.2) is 5.78 Å². The molecule has 22 heavy (non-hydrogen) atoms. The summed E-state index contributed by atoms with van der Waals surface area (Å²) >= 11 is 0. The van der Waals surface area contributed by atoms with E-state index in [9.17, 15) is 4.79 Å². The lowest BCUT2D eigenvalue weighted by molar-refractivity contribution is -0.142. The van der Waals surface area contributed by atoms with Gasteiger partial charge in [-0.1, -0.05) is 27.7 Å². The maximum absolute atomic E-state index is 12.5. The van der Waals surface area contributed by atoms with Crippen molar-refractivity contribution in [2.24, 2.45) is 46.3 Å². The van der Waals surface area contributed by atoms with E-state index >= 15 is 0 Å². The molecule has 0 aliphatic heterocycles. The minimum absolute atomic E-state index is 0.0535. The van der Waals surface area contributed by atoms with Crippen LogP contribution < -0.4 is 0 Å². The lowest BCUT2D eigenvalue weighted by atomic mass is 9.44. The van der Waals surface area contributed by atoms with Gasteiger partial charge in [0.1, 0.15) is 5.78 Å². The quantitative estimate of drug-likeness (QED) is 0.579. The summed E-state index contributed by atoms with van der Waals surface area (Å²) in [7, 11) is 0. The molecule has 0 N–H and O–H groups in total. The summed E-state index contributed by atoms with van der Waals surface area (Å²) in [4.78, 5) is 12.5. The molecule has 0 aromatic heterocycles. The molecule has 4 fully saturated rings. The normalized spacial score (nSPS) is 57.9. The van der Waals surface area contributed by atoms with Gasteiger partial charge in [0.25, 0.3) is 0 Å². The Bertz CT molecular complexity index is 482. The van der Waals surface area contributed by atoms with E-state index in [1.54, 1.807) is 0 Å².